The van der Waals surface area contributed by atoms with Crippen LogP contribution in [0.4, 0.5) is 13.6 Å². The van der Waals surface area contributed by atoms with Gasteiger partial charge in [-0.3, -0.25) is 0 Å². The third-order valence-electron chi connectivity index (χ3n) is 3.83. The van der Waals surface area contributed by atoms with E-state index in [1.807, 2.05) is 13.8 Å². The molecule has 2 unspecified atom stereocenters. The highest BCUT2D eigenvalue weighted by molar-refractivity contribution is 5.69. The van der Waals surface area contributed by atoms with E-state index >= 15 is 0 Å². The Balaban J connectivity index is 2.96. The Morgan fingerprint density at radius 1 is 1.43 bits per heavy atom. The Bertz CT molecular complexity index is 367. The van der Waals surface area contributed by atoms with Crippen LogP contribution in [-0.4, -0.2) is 42.2 Å². The topological polar surface area (TPSA) is 55.6 Å². The van der Waals surface area contributed by atoms with Gasteiger partial charge in [-0.15, -0.1) is 0 Å². The highest BCUT2D eigenvalue weighted by atomic mass is 19.3. The van der Waals surface area contributed by atoms with Crippen LogP contribution in [-0.2, 0) is 4.74 Å². The van der Waals surface area contributed by atoms with Crippen molar-refractivity contribution in [1.29, 1.82) is 0 Å². The minimum absolute atomic E-state index is 0.103. The summed E-state index contributed by atoms with van der Waals surface area (Å²) in [4.78, 5) is 13.8. The van der Waals surface area contributed by atoms with Crippen molar-refractivity contribution in [3.63, 3.8) is 0 Å². The van der Waals surface area contributed by atoms with E-state index in [1.54, 1.807) is 20.8 Å². The number of alkyl halides is 2. The molecule has 0 radical (unpaired) electrons. The molecule has 124 valence electrons. The molecule has 6 heteroatoms. The zero-order chi connectivity index (χ0) is 16.4. The van der Waals surface area contributed by atoms with Gasteiger partial charge in [-0.2, -0.15) is 0 Å². The van der Waals surface area contributed by atoms with Crippen molar-refractivity contribution in [1.82, 2.24) is 4.90 Å². The maximum Gasteiger partial charge on any atom is 0.410 e. The normalized spacial score (nSPS) is 24.0. The molecule has 1 saturated heterocycles. The lowest BCUT2D eigenvalue weighted by Crippen LogP contribution is -2.56. The fraction of sp³-hybridized carbons (Fsp3) is 0.933. The van der Waals surface area contributed by atoms with Crippen LogP contribution in [0.25, 0.3) is 0 Å². The van der Waals surface area contributed by atoms with Gasteiger partial charge >= 0.3 is 6.09 Å². The molecular weight excluding hydrogens is 278 g/mol. The lowest BCUT2D eigenvalue weighted by Gasteiger charge is -2.46. The van der Waals surface area contributed by atoms with Crippen molar-refractivity contribution in [2.24, 2.45) is 17.1 Å². The average molecular weight is 306 g/mol. The molecule has 1 heterocycles. The van der Waals surface area contributed by atoms with Gasteiger partial charge in [0.25, 0.3) is 0 Å². The van der Waals surface area contributed by atoms with Crippen LogP contribution in [0.2, 0.25) is 0 Å². The number of halogens is 2. The molecule has 1 aliphatic heterocycles. The maximum absolute atomic E-state index is 13.2. The number of carbonyl (C=O) groups excluding carboxylic acids is 1. The largest absolute Gasteiger partial charge is 0.444 e. The number of amides is 1. The summed E-state index contributed by atoms with van der Waals surface area (Å²) < 4.78 is 31.8. The lowest BCUT2D eigenvalue weighted by atomic mass is 9.78. The minimum atomic E-state index is -2.54. The molecule has 0 aromatic rings. The summed E-state index contributed by atoms with van der Waals surface area (Å²) in [6, 6.07) is -0.558. The van der Waals surface area contributed by atoms with Crippen LogP contribution in [0, 0.1) is 11.3 Å². The Kier molecular flexibility index (Phi) is 5.58. The smallest absolute Gasteiger partial charge is 0.410 e. The van der Waals surface area contributed by atoms with Gasteiger partial charge in [-0.05, 0) is 39.0 Å². The van der Waals surface area contributed by atoms with Gasteiger partial charge in [0, 0.05) is 19.1 Å². The Labute approximate surface area is 126 Å². The zero-order valence-corrected chi connectivity index (χ0v) is 13.7. The molecule has 0 aliphatic carbocycles. The molecule has 2 atom stereocenters. The van der Waals surface area contributed by atoms with Gasteiger partial charge in [0.1, 0.15) is 5.60 Å². The SMILES string of the molecule is CC1(C)CCC(C(CN)C(F)F)N(C(=O)OC(C)(C)C)C1. The van der Waals surface area contributed by atoms with Crippen LogP contribution in [0.3, 0.4) is 0 Å². The Morgan fingerprint density at radius 3 is 2.43 bits per heavy atom. The number of nitrogens with zero attached hydrogens (tertiary/aromatic N) is 1. The minimum Gasteiger partial charge on any atom is -0.444 e. The van der Waals surface area contributed by atoms with E-state index in [2.05, 4.69) is 0 Å². The number of rotatable bonds is 3. The molecule has 0 spiro atoms. The first-order chi connectivity index (χ1) is 9.47. The highest BCUT2D eigenvalue weighted by Gasteiger charge is 2.43. The predicted molar refractivity (Wildman–Crippen MR) is 78.3 cm³/mol. The number of likely N-dealkylation sites (tertiary alicyclic amines) is 1. The van der Waals surface area contributed by atoms with E-state index in [0.717, 1.165) is 6.42 Å². The first-order valence-corrected chi connectivity index (χ1v) is 7.45. The summed E-state index contributed by atoms with van der Waals surface area (Å²) in [7, 11) is 0. The number of hydrogen-bond acceptors (Lipinski definition) is 3. The third-order valence-corrected chi connectivity index (χ3v) is 3.83. The first kappa shape index (κ1) is 18.1. The number of hydrogen-bond donors (Lipinski definition) is 1. The predicted octanol–water partition coefficient (Wildman–Crippen LogP) is 3.25. The molecule has 1 fully saturated rings. The number of nitrogens with two attached hydrogens (primary N) is 1. The fourth-order valence-corrected chi connectivity index (χ4v) is 2.75. The first-order valence-electron chi connectivity index (χ1n) is 7.45. The summed E-state index contributed by atoms with van der Waals surface area (Å²) in [6.07, 6.45) is -1.75. The summed E-state index contributed by atoms with van der Waals surface area (Å²) in [5.74, 6) is -1.01. The van der Waals surface area contributed by atoms with Gasteiger partial charge in [0.05, 0.1) is 5.92 Å². The molecule has 0 aromatic carbocycles. The van der Waals surface area contributed by atoms with Crippen LogP contribution in [0.15, 0.2) is 0 Å². The monoisotopic (exact) mass is 306 g/mol. The van der Waals surface area contributed by atoms with E-state index in [-0.39, 0.29) is 12.0 Å². The molecule has 21 heavy (non-hydrogen) atoms. The van der Waals surface area contributed by atoms with Crippen LogP contribution in [0.5, 0.6) is 0 Å². The third kappa shape index (κ3) is 5.09. The number of carbonyl (C=O) groups is 1. The van der Waals surface area contributed by atoms with Crippen molar-refractivity contribution in [2.75, 3.05) is 13.1 Å². The van der Waals surface area contributed by atoms with Gasteiger partial charge in [0.15, 0.2) is 0 Å². The van der Waals surface area contributed by atoms with Crippen molar-refractivity contribution in [2.45, 2.75) is 65.5 Å². The van der Waals surface area contributed by atoms with Crippen LogP contribution >= 0.6 is 0 Å². The van der Waals surface area contributed by atoms with Crippen molar-refractivity contribution in [3.05, 3.63) is 0 Å². The summed E-state index contributed by atoms with van der Waals surface area (Å²) in [6.45, 7) is 9.63. The van der Waals surface area contributed by atoms with Crippen molar-refractivity contribution < 1.29 is 18.3 Å². The Morgan fingerprint density at radius 2 is 2.00 bits per heavy atom. The van der Waals surface area contributed by atoms with E-state index in [1.165, 1.54) is 4.90 Å². The number of piperidine rings is 1. The van der Waals surface area contributed by atoms with Crippen LogP contribution < -0.4 is 5.73 Å². The molecular formula is C15H28F2N2O2. The molecule has 2 N–H and O–H groups in total. The van der Waals surface area contributed by atoms with Gasteiger partial charge < -0.3 is 15.4 Å². The van der Waals surface area contributed by atoms with E-state index in [0.29, 0.717) is 13.0 Å². The summed E-state index contributed by atoms with van der Waals surface area (Å²) >= 11 is 0. The lowest BCUT2D eigenvalue weighted by molar-refractivity contribution is -0.0418. The zero-order valence-electron chi connectivity index (χ0n) is 13.7. The van der Waals surface area contributed by atoms with Gasteiger partial charge in [-0.25, -0.2) is 13.6 Å². The second kappa shape index (κ2) is 6.46. The maximum atomic E-state index is 13.2. The van der Waals surface area contributed by atoms with E-state index < -0.39 is 30.1 Å². The van der Waals surface area contributed by atoms with E-state index in [9.17, 15) is 13.6 Å². The van der Waals surface area contributed by atoms with Gasteiger partial charge in [-0.1, -0.05) is 13.8 Å². The highest BCUT2D eigenvalue weighted by Crippen LogP contribution is 2.36. The Hall–Kier alpha value is -0.910. The fourth-order valence-electron chi connectivity index (χ4n) is 2.75. The number of ether oxygens (including phenoxy) is 1. The van der Waals surface area contributed by atoms with Crippen molar-refractivity contribution in [3.8, 4) is 0 Å². The summed E-state index contributed by atoms with van der Waals surface area (Å²) in [5.41, 5.74) is 4.75. The molecule has 1 rings (SSSR count). The molecule has 0 aromatic heterocycles. The molecule has 0 saturated carbocycles. The molecule has 1 aliphatic rings. The quantitative estimate of drug-likeness (QED) is 0.871. The molecule has 4 nitrogen and oxygen atoms in total. The summed E-state index contributed by atoms with van der Waals surface area (Å²) in [5, 5.41) is 0. The standard InChI is InChI=1S/C15H28F2N2O2/c1-14(2,3)21-13(20)19-9-15(4,5)7-6-11(19)10(8-18)12(16)17/h10-12H,6-9,18H2,1-5H3. The van der Waals surface area contributed by atoms with Crippen LogP contribution in [0.1, 0.15) is 47.5 Å². The molecule has 1 amide bonds. The van der Waals surface area contributed by atoms with Crippen molar-refractivity contribution >= 4 is 6.09 Å². The average Bonchev–Trinajstić information content (AvgIpc) is 2.28. The second-order valence-corrected chi connectivity index (χ2v) is 7.61. The second-order valence-electron chi connectivity index (χ2n) is 7.61. The van der Waals surface area contributed by atoms with Gasteiger partial charge in [0.2, 0.25) is 6.43 Å². The van der Waals surface area contributed by atoms with E-state index in [4.69, 9.17) is 10.5 Å². The molecule has 0 bridgehead atoms.